The summed E-state index contributed by atoms with van der Waals surface area (Å²) < 4.78 is 19.1. The number of nitrogens with two attached hydrogens (primary N) is 1. The highest BCUT2D eigenvalue weighted by molar-refractivity contribution is 9.10. The molecule has 106 valence electrons. The topological polar surface area (TPSA) is 61.0 Å². The second-order valence-corrected chi connectivity index (χ2v) is 5.43. The molecule has 0 unspecified atom stereocenters. The summed E-state index contributed by atoms with van der Waals surface area (Å²) in [5.41, 5.74) is 7.37. The Morgan fingerprint density at radius 3 is 2.60 bits per heavy atom. The van der Waals surface area contributed by atoms with Gasteiger partial charge in [0.05, 0.1) is 17.3 Å². The third-order valence-electron chi connectivity index (χ3n) is 2.86. The first kappa shape index (κ1) is 14.7. The first-order valence-electron chi connectivity index (χ1n) is 6.10. The maximum atomic E-state index is 13.4. The quantitative estimate of drug-likeness (QED) is 0.924. The second kappa shape index (κ2) is 5.75. The van der Waals surface area contributed by atoms with Crippen molar-refractivity contribution in [2.24, 2.45) is 0 Å². The Bertz CT molecular complexity index is 647. The van der Waals surface area contributed by atoms with Gasteiger partial charge in [-0.05, 0) is 40.0 Å². The van der Waals surface area contributed by atoms with Gasteiger partial charge in [-0.1, -0.05) is 13.8 Å². The van der Waals surface area contributed by atoms with Gasteiger partial charge in [0.1, 0.15) is 5.82 Å². The Morgan fingerprint density at radius 2 is 2.00 bits per heavy atom. The van der Waals surface area contributed by atoms with Crippen LogP contribution in [0.4, 0.5) is 10.2 Å². The molecule has 0 spiro atoms. The highest BCUT2D eigenvalue weighted by Crippen LogP contribution is 2.31. The Balaban J connectivity index is 2.58. The number of halogens is 2. The van der Waals surface area contributed by atoms with E-state index >= 15 is 0 Å². The summed E-state index contributed by atoms with van der Waals surface area (Å²) in [5, 5.41) is 0. The predicted octanol–water partition coefficient (Wildman–Crippen LogP) is 3.76. The van der Waals surface area contributed by atoms with Crippen molar-refractivity contribution in [3.05, 3.63) is 34.2 Å². The van der Waals surface area contributed by atoms with Crippen molar-refractivity contribution in [2.75, 3.05) is 12.8 Å². The van der Waals surface area contributed by atoms with E-state index in [4.69, 9.17) is 10.5 Å². The van der Waals surface area contributed by atoms with Gasteiger partial charge in [-0.2, -0.15) is 0 Å². The van der Waals surface area contributed by atoms with Gasteiger partial charge in [0, 0.05) is 5.56 Å². The SMILES string of the molecule is COc1cc(-c2nc(N)c(Br)c(C(C)C)n2)ccc1F. The standard InChI is InChI=1S/C14H15BrFN3O/c1-7(2)12-11(15)13(17)19-14(18-12)8-4-5-9(16)10(6-8)20-3/h4-7H,1-3H3,(H2,17,18,19). The molecule has 1 aromatic heterocycles. The Hall–Kier alpha value is -1.69. The first-order chi connectivity index (χ1) is 9.43. The average Bonchev–Trinajstić information content (AvgIpc) is 2.42. The minimum absolute atomic E-state index is 0.152. The molecule has 0 aliphatic rings. The van der Waals surface area contributed by atoms with Crippen LogP contribution in [0.25, 0.3) is 11.4 Å². The zero-order chi connectivity index (χ0) is 14.9. The molecule has 0 atom stereocenters. The van der Waals surface area contributed by atoms with E-state index in [1.165, 1.54) is 13.2 Å². The molecule has 2 rings (SSSR count). The molecule has 0 saturated heterocycles. The molecular weight excluding hydrogens is 325 g/mol. The van der Waals surface area contributed by atoms with Crippen molar-refractivity contribution in [1.82, 2.24) is 9.97 Å². The highest BCUT2D eigenvalue weighted by Gasteiger charge is 2.15. The number of benzene rings is 1. The fourth-order valence-electron chi connectivity index (χ4n) is 1.79. The lowest BCUT2D eigenvalue weighted by atomic mass is 10.1. The van der Waals surface area contributed by atoms with Gasteiger partial charge >= 0.3 is 0 Å². The van der Waals surface area contributed by atoms with Gasteiger partial charge in [0.15, 0.2) is 17.4 Å². The summed E-state index contributed by atoms with van der Waals surface area (Å²) >= 11 is 3.39. The van der Waals surface area contributed by atoms with E-state index in [9.17, 15) is 4.39 Å². The van der Waals surface area contributed by atoms with Crippen LogP contribution < -0.4 is 10.5 Å². The van der Waals surface area contributed by atoms with E-state index < -0.39 is 5.82 Å². The summed E-state index contributed by atoms with van der Waals surface area (Å²) in [6.07, 6.45) is 0. The molecular formula is C14H15BrFN3O. The molecule has 1 heterocycles. The van der Waals surface area contributed by atoms with Gasteiger partial charge in [0.25, 0.3) is 0 Å². The summed E-state index contributed by atoms with van der Waals surface area (Å²) in [6, 6.07) is 4.48. The zero-order valence-electron chi connectivity index (χ0n) is 11.4. The van der Waals surface area contributed by atoms with E-state index in [2.05, 4.69) is 25.9 Å². The number of methoxy groups -OCH3 is 1. The average molecular weight is 340 g/mol. The number of nitrogens with zero attached hydrogens (tertiary/aromatic N) is 2. The second-order valence-electron chi connectivity index (χ2n) is 4.64. The van der Waals surface area contributed by atoms with Gasteiger partial charge in [0.2, 0.25) is 0 Å². The number of hydrogen-bond acceptors (Lipinski definition) is 4. The highest BCUT2D eigenvalue weighted by atomic mass is 79.9. The maximum Gasteiger partial charge on any atom is 0.165 e. The van der Waals surface area contributed by atoms with Crippen molar-refractivity contribution >= 4 is 21.7 Å². The van der Waals surface area contributed by atoms with Gasteiger partial charge < -0.3 is 10.5 Å². The molecule has 6 heteroatoms. The number of aromatic nitrogens is 2. The molecule has 0 saturated carbocycles. The third kappa shape index (κ3) is 2.75. The predicted molar refractivity (Wildman–Crippen MR) is 80.2 cm³/mol. The fraction of sp³-hybridized carbons (Fsp3) is 0.286. The largest absolute Gasteiger partial charge is 0.494 e. The summed E-state index contributed by atoms with van der Waals surface area (Å²) in [4.78, 5) is 8.72. The molecule has 20 heavy (non-hydrogen) atoms. The third-order valence-corrected chi connectivity index (χ3v) is 3.67. The van der Waals surface area contributed by atoms with E-state index in [0.29, 0.717) is 21.7 Å². The molecule has 0 radical (unpaired) electrons. The number of hydrogen-bond donors (Lipinski definition) is 1. The van der Waals surface area contributed by atoms with Gasteiger partial charge in [-0.15, -0.1) is 0 Å². The molecule has 0 aliphatic carbocycles. The van der Waals surface area contributed by atoms with E-state index in [-0.39, 0.29) is 11.7 Å². The molecule has 2 aromatic rings. The number of ether oxygens (including phenoxy) is 1. The summed E-state index contributed by atoms with van der Waals surface area (Å²) in [7, 11) is 1.42. The van der Waals surface area contributed by atoms with E-state index in [1.54, 1.807) is 12.1 Å². The van der Waals surface area contributed by atoms with Crippen LogP contribution in [0.15, 0.2) is 22.7 Å². The molecule has 1 aromatic carbocycles. The van der Waals surface area contributed by atoms with Crippen molar-refractivity contribution in [3.63, 3.8) is 0 Å². The lowest BCUT2D eigenvalue weighted by Crippen LogP contribution is -2.04. The normalized spacial score (nSPS) is 10.9. The number of nitrogen functional groups attached to an aromatic ring is 1. The fourth-order valence-corrected chi connectivity index (χ4v) is 2.43. The van der Waals surface area contributed by atoms with E-state index in [0.717, 1.165) is 5.69 Å². The summed E-state index contributed by atoms with van der Waals surface area (Å²) in [5.74, 6) is 0.731. The Morgan fingerprint density at radius 1 is 1.30 bits per heavy atom. The molecule has 2 N–H and O–H groups in total. The maximum absolute atomic E-state index is 13.4. The molecule has 0 amide bonds. The van der Waals surface area contributed by atoms with Crippen LogP contribution >= 0.6 is 15.9 Å². The molecule has 0 bridgehead atoms. The smallest absolute Gasteiger partial charge is 0.165 e. The summed E-state index contributed by atoms with van der Waals surface area (Å²) in [6.45, 7) is 4.03. The zero-order valence-corrected chi connectivity index (χ0v) is 13.0. The van der Waals surface area contributed by atoms with Crippen molar-refractivity contribution < 1.29 is 9.13 Å². The van der Waals surface area contributed by atoms with Crippen molar-refractivity contribution in [2.45, 2.75) is 19.8 Å². The van der Waals surface area contributed by atoms with Crippen molar-refractivity contribution in [3.8, 4) is 17.1 Å². The lowest BCUT2D eigenvalue weighted by molar-refractivity contribution is 0.386. The van der Waals surface area contributed by atoms with Crippen LogP contribution in [0.2, 0.25) is 0 Å². The monoisotopic (exact) mass is 339 g/mol. The van der Waals surface area contributed by atoms with Crippen LogP contribution in [-0.2, 0) is 0 Å². The van der Waals surface area contributed by atoms with Crippen LogP contribution in [0, 0.1) is 5.82 Å². The minimum atomic E-state index is -0.426. The lowest BCUT2D eigenvalue weighted by Gasteiger charge is -2.12. The van der Waals surface area contributed by atoms with Gasteiger partial charge in [-0.3, -0.25) is 0 Å². The minimum Gasteiger partial charge on any atom is -0.494 e. The van der Waals surface area contributed by atoms with Crippen LogP contribution in [0.1, 0.15) is 25.5 Å². The molecule has 0 aliphatic heterocycles. The molecule has 4 nitrogen and oxygen atoms in total. The number of rotatable bonds is 3. The Kier molecular flexibility index (Phi) is 4.23. The van der Waals surface area contributed by atoms with E-state index in [1.807, 2.05) is 13.8 Å². The van der Waals surface area contributed by atoms with Crippen LogP contribution in [-0.4, -0.2) is 17.1 Å². The Labute approximate surface area is 125 Å². The van der Waals surface area contributed by atoms with Crippen molar-refractivity contribution in [1.29, 1.82) is 0 Å². The van der Waals surface area contributed by atoms with Crippen LogP contribution in [0.5, 0.6) is 5.75 Å². The first-order valence-corrected chi connectivity index (χ1v) is 6.90. The van der Waals surface area contributed by atoms with Gasteiger partial charge in [-0.25, -0.2) is 14.4 Å². The molecule has 0 fully saturated rings. The van der Waals surface area contributed by atoms with Crippen LogP contribution in [0.3, 0.4) is 0 Å². The number of anilines is 1.